The van der Waals surface area contributed by atoms with E-state index in [0.29, 0.717) is 0 Å². The average Bonchev–Trinajstić information content (AvgIpc) is 3.07. The minimum Gasteiger partial charge on any atom is -0.356 e. The number of rotatable bonds is 7. The number of likely N-dealkylation sites (tertiary alicyclic amines) is 1. The van der Waals surface area contributed by atoms with Gasteiger partial charge in [-0.15, -0.1) is 35.3 Å². The molecule has 1 fully saturated rings. The Labute approximate surface area is 162 Å². The van der Waals surface area contributed by atoms with Crippen molar-refractivity contribution in [1.82, 2.24) is 15.5 Å². The standard InChI is InChI=1S/C17H30N4S.HI/c1-3-21-12-8-15(9-13-21)6-10-19-17(18-2)20-11-7-16-5-4-14-22-16;/h4-5,14-15H,3,6-13H2,1-2H3,(H2,18,19,20);1H. The third kappa shape index (κ3) is 7.85. The normalized spacial score (nSPS) is 16.9. The first-order valence-corrected chi connectivity index (χ1v) is 9.39. The van der Waals surface area contributed by atoms with Crippen LogP contribution in [-0.4, -0.2) is 50.6 Å². The van der Waals surface area contributed by atoms with E-state index in [1.165, 1.54) is 43.8 Å². The molecule has 0 amide bonds. The lowest BCUT2D eigenvalue weighted by Crippen LogP contribution is -2.40. The molecule has 1 aliphatic rings. The van der Waals surface area contributed by atoms with Gasteiger partial charge in [0.25, 0.3) is 0 Å². The molecule has 4 nitrogen and oxygen atoms in total. The van der Waals surface area contributed by atoms with Gasteiger partial charge in [-0.3, -0.25) is 4.99 Å². The third-order valence-electron chi connectivity index (χ3n) is 4.47. The highest BCUT2D eigenvalue weighted by Gasteiger charge is 2.17. The summed E-state index contributed by atoms with van der Waals surface area (Å²) < 4.78 is 0. The molecule has 0 aromatic carbocycles. The van der Waals surface area contributed by atoms with Crippen LogP contribution in [0.25, 0.3) is 0 Å². The lowest BCUT2D eigenvalue weighted by molar-refractivity contribution is 0.187. The first-order valence-electron chi connectivity index (χ1n) is 8.51. The van der Waals surface area contributed by atoms with Crippen molar-refractivity contribution in [3.8, 4) is 0 Å². The van der Waals surface area contributed by atoms with Crippen molar-refractivity contribution >= 4 is 41.3 Å². The van der Waals surface area contributed by atoms with Crippen molar-refractivity contribution < 1.29 is 0 Å². The van der Waals surface area contributed by atoms with Crippen molar-refractivity contribution in [2.75, 3.05) is 39.8 Å². The van der Waals surface area contributed by atoms with Crippen LogP contribution in [-0.2, 0) is 6.42 Å². The number of nitrogens with zero attached hydrogens (tertiary/aromatic N) is 2. The van der Waals surface area contributed by atoms with Crippen LogP contribution >= 0.6 is 35.3 Å². The molecule has 6 heteroatoms. The number of thiophene rings is 1. The summed E-state index contributed by atoms with van der Waals surface area (Å²) in [6.45, 7) is 7.97. The highest BCUT2D eigenvalue weighted by Crippen LogP contribution is 2.19. The SMILES string of the molecule is CCN1CCC(CCNC(=NC)NCCc2cccs2)CC1.I. The fraction of sp³-hybridized carbons (Fsp3) is 0.706. The van der Waals surface area contributed by atoms with E-state index in [1.807, 2.05) is 18.4 Å². The zero-order valence-corrected chi connectivity index (χ0v) is 17.5. The van der Waals surface area contributed by atoms with Crippen molar-refractivity contribution in [3.63, 3.8) is 0 Å². The molecular formula is C17H31IN4S. The minimum atomic E-state index is 0. The van der Waals surface area contributed by atoms with Crippen LogP contribution in [0.5, 0.6) is 0 Å². The van der Waals surface area contributed by atoms with E-state index in [2.05, 4.69) is 45.0 Å². The van der Waals surface area contributed by atoms with Crippen LogP contribution in [0.15, 0.2) is 22.5 Å². The van der Waals surface area contributed by atoms with E-state index >= 15 is 0 Å². The second kappa shape index (κ2) is 12.1. The van der Waals surface area contributed by atoms with Crippen molar-refractivity contribution in [1.29, 1.82) is 0 Å². The Morgan fingerprint density at radius 1 is 1.30 bits per heavy atom. The van der Waals surface area contributed by atoms with Gasteiger partial charge >= 0.3 is 0 Å². The Morgan fingerprint density at radius 3 is 2.65 bits per heavy atom. The van der Waals surface area contributed by atoms with Crippen LogP contribution in [0.4, 0.5) is 0 Å². The molecule has 0 spiro atoms. The Kier molecular flexibility index (Phi) is 10.9. The topological polar surface area (TPSA) is 39.7 Å². The molecule has 2 rings (SSSR count). The monoisotopic (exact) mass is 450 g/mol. The number of halogens is 1. The summed E-state index contributed by atoms with van der Waals surface area (Å²) in [5.74, 6) is 1.81. The van der Waals surface area contributed by atoms with Crippen molar-refractivity contribution in [3.05, 3.63) is 22.4 Å². The first kappa shape index (κ1) is 20.7. The van der Waals surface area contributed by atoms with Crippen molar-refractivity contribution in [2.24, 2.45) is 10.9 Å². The van der Waals surface area contributed by atoms with Crippen LogP contribution in [0.3, 0.4) is 0 Å². The zero-order valence-electron chi connectivity index (χ0n) is 14.4. The van der Waals surface area contributed by atoms with Gasteiger partial charge in [-0.1, -0.05) is 13.0 Å². The molecule has 1 aromatic heterocycles. The molecule has 0 bridgehead atoms. The molecule has 23 heavy (non-hydrogen) atoms. The Hall–Kier alpha value is -0.340. The van der Waals surface area contributed by atoms with E-state index in [4.69, 9.17) is 0 Å². The van der Waals surface area contributed by atoms with E-state index < -0.39 is 0 Å². The summed E-state index contributed by atoms with van der Waals surface area (Å²) in [4.78, 5) is 8.28. The van der Waals surface area contributed by atoms with Gasteiger partial charge in [-0.2, -0.15) is 0 Å². The van der Waals surface area contributed by atoms with Gasteiger partial charge < -0.3 is 15.5 Å². The molecule has 1 aromatic rings. The summed E-state index contributed by atoms with van der Waals surface area (Å²) in [5, 5.41) is 8.98. The molecule has 0 atom stereocenters. The summed E-state index contributed by atoms with van der Waals surface area (Å²) in [5.41, 5.74) is 0. The van der Waals surface area contributed by atoms with Gasteiger partial charge in [0.15, 0.2) is 5.96 Å². The van der Waals surface area contributed by atoms with Gasteiger partial charge in [-0.05, 0) is 62.7 Å². The van der Waals surface area contributed by atoms with Gasteiger partial charge in [0.05, 0.1) is 0 Å². The van der Waals surface area contributed by atoms with E-state index in [-0.39, 0.29) is 24.0 Å². The maximum absolute atomic E-state index is 4.30. The lowest BCUT2D eigenvalue weighted by Gasteiger charge is -2.31. The maximum Gasteiger partial charge on any atom is 0.190 e. The molecule has 0 saturated carbocycles. The highest BCUT2D eigenvalue weighted by molar-refractivity contribution is 14.0. The smallest absolute Gasteiger partial charge is 0.190 e. The lowest BCUT2D eigenvalue weighted by atomic mass is 9.93. The fourth-order valence-corrected chi connectivity index (χ4v) is 3.67. The summed E-state index contributed by atoms with van der Waals surface area (Å²) in [6.07, 6.45) is 5.01. The van der Waals surface area contributed by atoms with E-state index in [9.17, 15) is 0 Å². The second-order valence-electron chi connectivity index (χ2n) is 5.92. The number of hydrogen-bond acceptors (Lipinski definition) is 3. The summed E-state index contributed by atoms with van der Waals surface area (Å²) in [6, 6.07) is 4.29. The molecular weight excluding hydrogens is 419 g/mol. The van der Waals surface area contributed by atoms with Crippen LogP contribution in [0.1, 0.15) is 31.1 Å². The van der Waals surface area contributed by atoms with E-state index in [0.717, 1.165) is 31.4 Å². The van der Waals surface area contributed by atoms with Crippen molar-refractivity contribution in [2.45, 2.75) is 32.6 Å². The number of nitrogens with one attached hydrogen (secondary N) is 2. The van der Waals surface area contributed by atoms with Gasteiger partial charge in [-0.25, -0.2) is 0 Å². The van der Waals surface area contributed by atoms with Gasteiger partial charge in [0.2, 0.25) is 0 Å². The number of hydrogen-bond donors (Lipinski definition) is 2. The number of guanidine groups is 1. The van der Waals surface area contributed by atoms with Crippen LogP contribution in [0.2, 0.25) is 0 Å². The Morgan fingerprint density at radius 2 is 2.04 bits per heavy atom. The van der Waals surface area contributed by atoms with Gasteiger partial charge in [0, 0.05) is 25.0 Å². The molecule has 1 saturated heterocycles. The minimum absolute atomic E-state index is 0. The quantitative estimate of drug-likeness (QED) is 0.381. The number of aliphatic imine (C=N–C) groups is 1. The second-order valence-corrected chi connectivity index (χ2v) is 6.95. The predicted molar refractivity (Wildman–Crippen MR) is 112 cm³/mol. The Bertz CT molecular complexity index is 428. The zero-order chi connectivity index (χ0) is 15.6. The van der Waals surface area contributed by atoms with Gasteiger partial charge in [0.1, 0.15) is 0 Å². The largest absolute Gasteiger partial charge is 0.356 e. The molecule has 2 N–H and O–H groups in total. The van der Waals surface area contributed by atoms with Crippen LogP contribution < -0.4 is 10.6 Å². The number of piperidine rings is 1. The summed E-state index contributed by atoms with van der Waals surface area (Å²) in [7, 11) is 1.85. The third-order valence-corrected chi connectivity index (χ3v) is 5.40. The average molecular weight is 450 g/mol. The van der Waals surface area contributed by atoms with Crippen LogP contribution in [0, 0.1) is 5.92 Å². The highest BCUT2D eigenvalue weighted by atomic mass is 127. The molecule has 0 unspecified atom stereocenters. The predicted octanol–water partition coefficient (Wildman–Crippen LogP) is 3.20. The summed E-state index contributed by atoms with van der Waals surface area (Å²) >= 11 is 1.82. The maximum atomic E-state index is 4.30. The first-order chi connectivity index (χ1) is 10.8. The molecule has 0 radical (unpaired) electrons. The molecule has 2 heterocycles. The molecule has 132 valence electrons. The molecule has 1 aliphatic heterocycles. The van der Waals surface area contributed by atoms with E-state index in [1.54, 1.807) is 0 Å². The fourth-order valence-electron chi connectivity index (χ4n) is 2.97. The Balaban J connectivity index is 0.00000264. The molecule has 0 aliphatic carbocycles.